The predicted molar refractivity (Wildman–Crippen MR) is 76.2 cm³/mol. The van der Waals surface area contributed by atoms with Crippen LogP contribution in [0, 0.1) is 0 Å². The summed E-state index contributed by atoms with van der Waals surface area (Å²) < 4.78 is 0. The van der Waals surface area contributed by atoms with Gasteiger partial charge in [-0.3, -0.25) is 4.90 Å². The van der Waals surface area contributed by atoms with Gasteiger partial charge in [0.2, 0.25) is 0 Å². The summed E-state index contributed by atoms with van der Waals surface area (Å²) in [6.07, 6.45) is 2.57. The third-order valence-electron chi connectivity index (χ3n) is 3.82. The van der Waals surface area contributed by atoms with E-state index in [0.29, 0.717) is 5.75 Å². The van der Waals surface area contributed by atoms with Crippen LogP contribution in [0.25, 0.3) is 0 Å². The molecule has 1 aliphatic rings. The van der Waals surface area contributed by atoms with Gasteiger partial charge >= 0.3 is 0 Å². The number of phenols is 1. The molecular weight excluding hydrogens is 224 g/mol. The summed E-state index contributed by atoms with van der Waals surface area (Å²) in [6.45, 7) is 9.48. The van der Waals surface area contributed by atoms with Crippen molar-refractivity contribution in [2.75, 3.05) is 31.1 Å². The molecule has 0 amide bonds. The summed E-state index contributed by atoms with van der Waals surface area (Å²) in [5, 5.41) is 9.97. The molecule has 1 aromatic carbocycles. The molecule has 2 rings (SSSR count). The molecule has 0 unspecified atom stereocenters. The van der Waals surface area contributed by atoms with E-state index in [1.54, 1.807) is 0 Å². The molecule has 0 radical (unpaired) electrons. The van der Waals surface area contributed by atoms with E-state index in [2.05, 4.69) is 29.7 Å². The highest BCUT2D eigenvalue weighted by Crippen LogP contribution is 2.27. The third-order valence-corrected chi connectivity index (χ3v) is 3.82. The van der Waals surface area contributed by atoms with Crippen molar-refractivity contribution in [1.82, 2.24) is 4.90 Å². The van der Waals surface area contributed by atoms with Crippen LogP contribution in [0.3, 0.4) is 0 Å². The average molecular weight is 248 g/mol. The molecule has 1 N–H and O–H groups in total. The molecule has 1 saturated heterocycles. The standard InChI is InChI=1S/C15H24N2O/c1-3-16(4-2)12-13-11-14(7-8-15(13)18)17-9-5-6-10-17/h7-8,11,18H,3-6,9-10,12H2,1-2H3. The first kappa shape index (κ1) is 13.2. The maximum atomic E-state index is 9.97. The zero-order valence-electron chi connectivity index (χ0n) is 11.5. The average Bonchev–Trinajstić information content (AvgIpc) is 2.91. The van der Waals surface area contributed by atoms with Gasteiger partial charge in [0.25, 0.3) is 0 Å². The van der Waals surface area contributed by atoms with Crippen molar-refractivity contribution < 1.29 is 5.11 Å². The molecule has 1 aromatic rings. The first-order valence-electron chi connectivity index (χ1n) is 7.03. The number of phenolic OH excluding ortho intramolecular Hbond substituents is 1. The summed E-state index contributed by atoms with van der Waals surface area (Å²) in [7, 11) is 0. The van der Waals surface area contributed by atoms with E-state index in [1.165, 1.54) is 18.5 Å². The zero-order valence-corrected chi connectivity index (χ0v) is 11.5. The lowest BCUT2D eigenvalue weighted by molar-refractivity contribution is 0.291. The molecule has 1 aliphatic heterocycles. The van der Waals surface area contributed by atoms with Crippen molar-refractivity contribution in [1.29, 1.82) is 0 Å². The minimum Gasteiger partial charge on any atom is -0.508 e. The Morgan fingerprint density at radius 1 is 1.17 bits per heavy atom. The van der Waals surface area contributed by atoms with Crippen LogP contribution < -0.4 is 4.90 Å². The largest absolute Gasteiger partial charge is 0.508 e. The summed E-state index contributed by atoms with van der Waals surface area (Å²) in [6, 6.07) is 6.03. The molecule has 3 nitrogen and oxygen atoms in total. The topological polar surface area (TPSA) is 26.7 Å². The van der Waals surface area contributed by atoms with E-state index in [-0.39, 0.29) is 0 Å². The Hall–Kier alpha value is -1.22. The first-order valence-corrected chi connectivity index (χ1v) is 7.03. The smallest absolute Gasteiger partial charge is 0.120 e. The van der Waals surface area contributed by atoms with E-state index >= 15 is 0 Å². The lowest BCUT2D eigenvalue weighted by atomic mass is 10.1. The van der Waals surface area contributed by atoms with Crippen LogP contribution in [-0.2, 0) is 6.54 Å². The molecule has 100 valence electrons. The monoisotopic (exact) mass is 248 g/mol. The fourth-order valence-electron chi connectivity index (χ4n) is 2.56. The van der Waals surface area contributed by atoms with Crippen LogP contribution in [0.5, 0.6) is 5.75 Å². The molecule has 0 atom stereocenters. The van der Waals surface area contributed by atoms with Gasteiger partial charge in [0.1, 0.15) is 5.75 Å². The van der Waals surface area contributed by atoms with Gasteiger partial charge in [-0.1, -0.05) is 13.8 Å². The van der Waals surface area contributed by atoms with Crippen molar-refractivity contribution >= 4 is 5.69 Å². The molecule has 1 heterocycles. The molecular formula is C15H24N2O. The zero-order chi connectivity index (χ0) is 13.0. The molecule has 0 spiro atoms. The summed E-state index contributed by atoms with van der Waals surface area (Å²) >= 11 is 0. The second-order valence-corrected chi connectivity index (χ2v) is 4.97. The normalized spacial score (nSPS) is 15.6. The van der Waals surface area contributed by atoms with Crippen LogP contribution in [0.2, 0.25) is 0 Å². The Morgan fingerprint density at radius 2 is 1.83 bits per heavy atom. The third kappa shape index (κ3) is 2.96. The summed E-state index contributed by atoms with van der Waals surface area (Å²) in [5.74, 6) is 0.421. The number of rotatable bonds is 5. The van der Waals surface area contributed by atoms with Crippen LogP contribution in [0.4, 0.5) is 5.69 Å². The van der Waals surface area contributed by atoms with E-state index in [4.69, 9.17) is 0 Å². The highest BCUT2D eigenvalue weighted by atomic mass is 16.3. The Bertz CT molecular complexity index is 382. The number of hydrogen-bond donors (Lipinski definition) is 1. The number of aromatic hydroxyl groups is 1. The Kier molecular flexibility index (Phi) is 4.48. The van der Waals surface area contributed by atoms with Gasteiger partial charge in [0.05, 0.1) is 0 Å². The van der Waals surface area contributed by atoms with Gasteiger partial charge in [0, 0.05) is 30.9 Å². The quantitative estimate of drug-likeness (QED) is 0.868. The van der Waals surface area contributed by atoms with Gasteiger partial charge in [0.15, 0.2) is 0 Å². The van der Waals surface area contributed by atoms with Gasteiger partial charge in [-0.15, -0.1) is 0 Å². The van der Waals surface area contributed by atoms with Crippen LogP contribution in [0.1, 0.15) is 32.3 Å². The maximum absolute atomic E-state index is 9.97. The van der Waals surface area contributed by atoms with Crippen molar-refractivity contribution in [3.63, 3.8) is 0 Å². The van der Waals surface area contributed by atoms with Crippen molar-refractivity contribution in [2.24, 2.45) is 0 Å². The number of anilines is 1. The van der Waals surface area contributed by atoms with Gasteiger partial charge in [-0.05, 0) is 44.1 Å². The number of benzene rings is 1. The van der Waals surface area contributed by atoms with E-state index < -0.39 is 0 Å². The number of nitrogens with zero attached hydrogens (tertiary/aromatic N) is 2. The minimum absolute atomic E-state index is 0.421. The first-order chi connectivity index (χ1) is 8.74. The van der Waals surface area contributed by atoms with Crippen LogP contribution in [-0.4, -0.2) is 36.2 Å². The van der Waals surface area contributed by atoms with Crippen molar-refractivity contribution in [3.8, 4) is 5.75 Å². The van der Waals surface area contributed by atoms with Gasteiger partial charge in [-0.25, -0.2) is 0 Å². The molecule has 0 bridgehead atoms. The van der Waals surface area contributed by atoms with Crippen LogP contribution in [0.15, 0.2) is 18.2 Å². The summed E-state index contributed by atoms with van der Waals surface area (Å²) in [5.41, 5.74) is 2.30. The lowest BCUT2D eigenvalue weighted by Crippen LogP contribution is -2.23. The Morgan fingerprint density at radius 3 is 2.44 bits per heavy atom. The Balaban J connectivity index is 2.15. The second kappa shape index (κ2) is 6.10. The predicted octanol–water partition coefficient (Wildman–Crippen LogP) is 2.83. The summed E-state index contributed by atoms with van der Waals surface area (Å²) in [4.78, 5) is 4.73. The van der Waals surface area contributed by atoms with E-state index in [0.717, 1.165) is 38.3 Å². The molecule has 18 heavy (non-hydrogen) atoms. The highest BCUT2D eigenvalue weighted by molar-refractivity contribution is 5.53. The van der Waals surface area contributed by atoms with E-state index in [1.807, 2.05) is 12.1 Å². The fraction of sp³-hybridized carbons (Fsp3) is 0.600. The van der Waals surface area contributed by atoms with Crippen LogP contribution >= 0.6 is 0 Å². The lowest BCUT2D eigenvalue weighted by Gasteiger charge is -2.22. The van der Waals surface area contributed by atoms with E-state index in [9.17, 15) is 5.11 Å². The highest BCUT2D eigenvalue weighted by Gasteiger charge is 2.14. The SMILES string of the molecule is CCN(CC)Cc1cc(N2CCCC2)ccc1O. The second-order valence-electron chi connectivity index (χ2n) is 4.97. The molecule has 1 fully saturated rings. The molecule has 0 saturated carbocycles. The molecule has 0 aliphatic carbocycles. The van der Waals surface area contributed by atoms with Gasteiger partial charge in [-0.2, -0.15) is 0 Å². The Labute approximate surface area is 110 Å². The minimum atomic E-state index is 0.421. The molecule has 3 heteroatoms. The fourth-order valence-corrected chi connectivity index (χ4v) is 2.56. The van der Waals surface area contributed by atoms with Crippen molar-refractivity contribution in [2.45, 2.75) is 33.2 Å². The maximum Gasteiger partial charge on any atom is 0.120 e. The molecule has 0 aromatic heterocycles. The van der Waals surface area contributed by atoms with Crippen molar-refractivity contribution in [3.05, 3.63) is 23.8 Å². The van der Waals surface area contributed by atoms with Gasteiger partial charge < -0.3 is 10.0 Å². The number of hydrogen-bond acceptors (Lipinski definition) is 3.